The highest BCUT2D eigenvalue weighted by Gasteiger charge is 2.64. The Morgan fingerprint density at radius 2 is 2.08 bits per heavy atom. The molecule has 2 aromatic heterocycles. The Balaban J connectivity index is 1.60. The van der Waals surface area contributed by atoms with Crippen LogP contribution in [0.1, 0.15) is 39.2 Å². The normalized spacial score (nSPS) is 33.1. The molecule has 3 atom stereocenters. The number of halogens is 1. The van der Waals surface area contributed by atoms with Crippen molar-refractivity contribution in [1.82, 2.24) is 14.5 Å². The van der Waals surface area contributed by atoms with Gasteiger partial charge in [0.2, 0.25) is 0 Å². The number of aromatic nitrogens is 3. The number of hydrogen-bond donors (Lipinski definition) is 0. The zero-order chi connectivity index (χ0) is 16.7. The van der Waals surface area contributed by atoms with Gasteiger partial charge in [-0.3, -0.25) is 0 Å². The maximum Gasteiger partial charge on any atom is 0.163 e. The molecule has 1 saturated heterocycles. The lowest BCUT2D eigenvalue weighted by Crippen LogP contribution is -2.42. The number of hydrogen-bond acceptors (Lipinski definition) is 4. The zero-order valence-electron chi connectivity index (χ0n) is 13.8. The quantitative estimate of drug-likeness (QED) is 0.581. The van der Waals surface area contributed by atoms with E-state index >= 15 is 0 Å². The Hall–Kier alpha value is -1.43. The van der Waals surface area contributed by atoms with Gasteiger partial charge < -0.3 is 14.0 Å². The molecule has 0 amide bonds. The molecular formula is C18H20ClN3O2. The van der Waals surface area contributed by atoms with Crippen LogP contribution in [0.3, 0.4) is 0 Å². The Morgan fingerprint density at radius 1 is 1.29 bits per heavy atom. The highest BCUT2D eigenvalue weighted by molar-refractivity contribution is 6.33. The summed E-state index contributed by atoms with van der Waals surface area (Å²) in [6, 6.07) is 2.17. The average Bonchev–Trinajstić information content (AvgIpc) is 3.11. The molecule has 24 heavy (non-hydrogen) atoms. The molecule has 0 bridgehead atoms. The third-order valence-electron chi connectivity index (χ3n) is 5.75. The molecule has 2 aliphatic carbocycles. The summed E-state index contributed by atoms with van der Waals surface area (Å²) >= 11 is 6.22. The van der Waals surface area contributed by atoms with Gasteiger partial charge in [0.25, 0.3) is 0 Å². The second-order valence-electron chi connectivity index (χ2n) is 7.88. The number of fused-ring (bicyclic) bond motifs is 3. The van der Waals surface area contributed by atoms with E-state index in [0.29, 0.717) is 5.15 Å². The average molecular weight is 346 g/mol. The predicted molar refractivity (Wildman–Crippen MR) is 90.8 cm³/mol. The molecule has 5 rings (SSSR count). The first-order valence-corrected chi connectivity index (χ1v) is 8.76. The van der Waals surface area contributed by atoms with Crippen molar-refractivity contribution in [3.8, 4) is 0 Å². The van der Waals surface area contributed by atoms with E-state index in [2.05, 4.69) is 21.1 Å². The molecule has 3 fully saturated rings. The Labute approximate surface area is 145 Å². The van der Waals surface area contributed by atoms with Crippen molar-refractivity contribution in [2.45, 2.75) is 57.1 Å². The number of allylic oxidation sites excluding steroid dienone is 1. The maximum absolute atomic E-state index is 6.31. The van der Waals surface area contributed by atoms with E-state index in [0.717, 1.165) is 30.3 Å². The first-order chi connectivity index (χ1) is 11.4. The van der Waals surface area contributed by atoms with Crippen LogP contribution >= 0.6 is 11.6 Å². The summed E-state index contributed by atoms with van der Waals surface area (Å²) in [7, 11) is 0. The van der Waals surface area contributed by atoms with Gasteiger partial charge in [0.1, 0.15) is 23.2 Å². The lowest BCUT2D eigenvalue weighted by Gasteiger charge is -2.44. The smallest absolute Gasteiger partial charge is 0.163 e. The molecular weight excluding hydrogens is 326 g/mol. The second-order valence-corrected chi connectivity index (χ2v) is 8.24. The minimum absolute atomic E-state index is 0.0254. The van der Waals surface area contributed by atoms with Gasteiger partial charge in [0.15, 0.2) is 5.79 Å². The van der Waals surface area contributed by atoms with E-state index in [9.17, 15) is 0 Å². The number of rotatable bonds is 1. The van der Waals surface area contributed by atoms with Crippen molar-refractivity contribution in [1.29, 1.82) is 0 Å². The van der Waals surface area contributed by atoms with Crippen LogP contribution in [0.4, 0.5) is 0 Å². The van der Waals surface area contributed by atoms with Crippen molar-refractivity contribution >= 4 is 22.6 Å². The highest BCUT2D eigenvalue weighted by atomic mass is 35.5. The van der Waals surface area contributed by atoms with E-state index in [-0.39, 0.29) is 23.7 Å². The highest BCUT2D eigenvalue weighted by Crippen LogP contribution is 2.63. The fourth-order valence-corrected chi connectivity index (χ4v) is 5.14. The molecule has 0 aromatic carbocycles. The van der Waals surface area contributed by atoms with Gasteiger partial charge in [-0.05, 0) is 39.2 Å². The van der Waals surface area contributed by atoms with Crippen molar-refractivity contribution < 1.29 is 9.47 Å². The summed E-state index contributed by atoms with van der Waals surface area (Å²) < 4.78 is 14.8. The fraction of sp³-hybridized carbons (Fsp3) is 0.556. The monoisotopic (exact) mass is 345 g/mol. The molecule has 0 unspecified atom stereocenters. The van der Waals surface area contributed by atoms with Gasteiger partial charge in [-0.25, -0.2) is 9.97 Å². The third-order valence-corrected chi connectivity index (χ3v) is 6.05. The van der Waals surface area contributed by atoms with E-state index < -0.39 is 5.79 Å². The van der Waals surface area contributed by atoms with Crippen LogP contribution in [-0.4, -0.2) is 32.5 Å². The van der Waals surface area contributed by atoms with E-state index in [4.69, 9.17) is 21.1 Å². The summed E-state index contributed by atoms with van der Waals surface area (Å²) in [5, 5.41) is 1.37. The van der Waals surface area contributed by atoms with E-state index in [1.165, 1.54) is 11.9 Å². The molecule has 0 N–H and O–H groups in total. The first kappa shape index (κ1) is 14.9. The molecule has 2 saturated carbocycles. The Bertz CT molecular complexity index is 851. The molecule has 5 nitrogen and oxygen atoms in total. The molecule has 0 radical (unpaired) electrons. The molecule has 3 aliphatic rings. The van der Waals surface area contributed by atoms with Crippen molar-refractivity contribution in [3.05, 3.63) is 35.9 Å². The van der Waals surface area contributed by atoms with Gasteiger partial charge in [-0.2, -0.15) is 0 Å². The summed E-state index contributed by atoms with van der Waals surface area (Å²) in [6.45, 7) is 8.13. The Morgan fingerprint density at radius 3 is 2.83 bits per heavy atom. The van der Waals surface area contributed by atoms with Crippen molar-refractivity contribution in [3.63, 3.8) is 0 Å². The van der Waals surface area contributed by atoms with Crippen LogP contribution in [0.2, 0.25) is 5.15 Å². The molecule has 6 heteroatoms. The second kappa shape index (κ2) is 4.59. The van der Waals surface area contributed by atoms with Gasteiger partial charge in [0.05, 0.1) is 17.5 Å². The lowest BCUT2D eigenvalue weighted by molar-refractivity contribution is -0.172. The molecule has 1 aliphatic heterocycles. The molecule has 1 spiro atoms. The van der Waals surface area contributed by atoms with Gasteiger partial charge >= 0.3 is 0 Å². The topological polar surface area (TPSA) is 49.2 Å². The molecule has 3 heterocycles. The van der Waals surface area contributed by atoms with Crippen molar-refractivity contribution in [2.75, 3.05) is 0 Å². The lowest BCUT2D eigenvalue weighted by atomic mass is 9.63. The third kappa shape index (κ3) is 1.89. The fourth-order valence-electron chi connectivity index (χ4n) is 4.95. The molecule has 2 aromatic rings. The van der Waals surface area contributed by atoms with Gasteiger partial charge in [0, 0.05) is 11.6 Å². The molecule has 126 valence electrons. The summed E-state index contributed by atoms with van der Waals surface area (Å²) in [5.41, 5.74) is 2.32. The summed E-state index contributed by atoms with van der Waals surface area (Å²) in [4.78, 5) is 8.53. The standard InChI is InChI=1S/C18H20ClN3O2/c1-10-6-18(7-10)8-12(13-14(18)24-17(2,3)23-13)22-5-4-11-15(19)20-9-21-16(11)22/h4-5,9,12-14H,1,6-8H2,2-3H3/t12-,13+,14+/m1/s1. The summed E-state index contributed by atoms with van der Waals surface area (Å²) in [6.07, 6.45) is 6.77. The van der Waals surface area contributed by atoms with Crippen LogP contribution in [-0.2, 0) is 9.47 Å². The number of ether oxygens (including phenoxy) is 2. The van der Waals surface area contributed by atoms with Gasteiger partial charge in [-0.15, -0.1) is 0 Å². The van der Waals surface area contributed by atoms with E-state index in [1.54, 1.807) is 0 Å². The SMILES string of the molecule is C=C1CC2(C1)C[C@@H](n1ccc3c(Cl)ncnc31)[C@@H]1OC(C)(C)O[C@@H]12. The minimum atomic E-state index is -0.548. The minimum Gasteiger partial charge on any atom is -0.344 e. The van der Waals surface area contributed by atoms with Crippen LogP contribution in [0, 0.1) is 5.41 Å². The zero-order valence-corrected chi connectivity index (χ0v) is 14.6. The Kier molecular flexibility index (Phi) is 2.85. The van der Waals surface area contributed by atoms with Crippen LogP contribution in [0.15, 0.2) is 30.7 Å². The summed E-state index contributed by atoms with van der Waals surface area (Å²) in [5.74, 6) is -0.548. The predicted octanol–water partition coefficient (Wildman–Crippen LogP) is 3.89. The number of nitrogens with zero attached hydrogens (tertiary/aromatic N) is 3. The van der Waals surface area contributed by atoms with Crippen molar-refractivity contribution in [2.24, 2.45) is 5.41 Å². The first-order valence-electron chi connectivity index (χ1n) is 8.38. The van der Waals surface area contributed by atoms with Crippen LogP contribution in [0.5, 0.6) is 0 Å². The van der Waals surface area contributed by atoms with E-state index in [1.807, 2.05) is 26.1 Å². The van der Waals surface area contributed by atoms with Gasteiger partial charge in [-0.1, -0.05) is 23.8 Å². The van der Waals surface area contributed by atoms with Crippen LogP contribution in [0.25, 0.3) is 11.0 Å². The maximum atomic E-state index is 6.31. The largest absolute Gasteiger partial charge is 0.344 e. The van der Waals surface area contributed by atoms with Crippen LogP contribution < -0.4 is 0 Å².